The molecule has 0 atom stereocenters. The Balaban J connectivity index is 2.50. The molecule has 0 N–H and O–H groups in total. The van der Waals surface area contributed by atoms with Crippen molar-refractivity contribution >= 4 is 17.4 Å². The smallest absolute Gasteiger partial charge is 0.198 e. The molecule has 0 fully saturated rings. The molecule has 0 spiro atoms. The van der Waals surface area contributed by atoms with Crippen LogP contribution in [-0.4, -0.2) is 5.78 Å². The normalized spacial score (nSPS) is 10.7. The molecular weight excluding hydrogens is 262 g/mol. The van der Waals surface area contributed by atoms with Crippen LogP contribution in [-0.2, 0) is 6.42 Å². The Morgan fingerprint density at radius 2 is 1.94 bits per heavy atom. The van der Waals surface area contributed by atoms with Gasteiger partial charge < -0.3 is 4.42 Å². The highest BCUT2D eigenvalue weighted by atomic mass is 35.5. The number of aryl methyl sites for hydroxylation is 1. The van der Waals surface area contributed by atoms with Crippen LogP contribution in [0.25, 0.3) is 0 Å². The molecule has 1 aromatic heterocycles. The SMILES string of the molecule is CCc1occc1C(=O)c1cc(F)c(F)cc1Cl. The van der Waals surface area contributed by atoms with E-state index in [0.717, 1.165) is 12.1 Å². The minimum Gasteiger partial charge on any atom is -0.469 e. The molecule has 0 aliphatic rings. The number of ketones is 1. The lowest BCUT2D eigenvalue weighted by atomic mass is 10.0. The number of hydrogen-bond donors (Lipinski definition) is 0. The molecule has 0 saturated heterocycles. The summed E-state index contributed by atoms with van der Waals surface area (Å²) in [6.07, 6.45) is 1.90. The van der Waals surface area contributed by atoms with Crippen molar-refractivity contribution in [3.63, 3.8) is 0 Å². The number of benzene rings is 1. The molecule has 94 valence electrons. The van der Waals surface area contributed by atoms with Gasteiger partial charge in [0, 0.05) is 12.0 Å². The largest absolute Gasteiger partial charge is 0.469 e. The second-order valence-electron chi connectivity index (χ2n) is 3.69. The Bertz CT molecular complexity index is 605. The zero-order valence-electron chi connectivity index (χ0n) is 9.47. The fourth-order valence-corrected chi connectivity index (χ4v) is 1.89. The van der Waals surface area contributed by atoms with Crippen LogP contribution in [0.1, 0.15) is 28.6 Å². The maximum atomic E-state index is 13.1. The van der Waals surface area contributed by atoms with E-state index in [1.165, 1.54) is 12.3 Å². The van der Waals surface area contributed by atoms with E-state index in [1.807, 2.05) is 6.92 Å². The third kappa shape index (κ3) is 2.16. The van der Waals surface area contributed by atoms with Gasteiger partial charge in [0.25, 0.3) is 0 Å². The Morgan fingerprint density at radius 1 is 1.28 bits per heavy atom. The highest BCUT2D eigenvalue weighted by Gasteiger charge is 2.20. The van der Waals surface area contributed by atoms with E-state index in [9.17, 15) is 13.6 Å². The van der Waals surface area contributed by atoms with Gasteiger partial charge in [-0.25, -0.2) is 8.78 Å². The minimum atomic E-state index is -1.11. The first-order valence-corrected chi connectivity index (χ1v) is 5.68. The van der Waals surface area contributed by atoms with Gasteiger partial charge in [-0.1, -0.05) is 18.5 Å². The summed E-state index contributed by atoms with van der Waals surface area (Å²) in [4.78, 5) is 12.1. The van der Waals surface area contributed by atoms with Gasteiger partial charge in [0.15, 0.2) is 17.4 Å². The molecular formula is C13H9ClF2O2. The van der Waals surface area contributed by atoms with Crippen molar-refractivity contribution in [2.45, 2.75) is 13.3 Å². The summed E-state index contributed by atoms with van der Waals surface area (Å²) < 4.78 is 31.2. The van der Waals surface area contributed by atoms with Gasteiger partial charge in [0.2, 0.25) is 0 Å². The molecule has 0 aliphatic heterocycles. The van der Waals surface area contributed by atoms with E-state index in [2.05, 4.69) is 0 Å². The number of carbonyl (C=O) groups excluding carboxylic acids is 1. The molecule has 2 rings (SSSR count). The highest BCUT2D eigenvalue weighted by molar-refractivity contribution is 6.35. The molecule has 2 nitrogen and oxygen atoms in total. The van der Waals surface area contributed by atoms with Crippen LogP contribution in [0.2, 0.25) is 5.02 Å². The lowest BCUT2D eigenvalue weighted by Crippen LogP contribution is -2.05. The van der Waals surface area contributed by atoms with E-state index in [4.69, 9.17) is 16.0 Å². The predicted octanol–water partition coefficient (Wildman–Crippen LogP) is 4.00. The van der Waals surface area contributed by atoms with Crippen LogP contribution in [0, 0.1) is 11.6 Å². The number of carbonyl (C=O) groups is 1. The van der Waals surface area contributed by atoms with Crippen molar-refractivity contribution in [3.8, 4) is 0 Å². The van der Waals surface area contributed by atoms with Gasteiger partial charge in [-0.15, -0.1) is 0 Å². The molecule has 2 aromatic rings. The van der Waals surface area contributed by atoms with Gasteiger partial charge in [0.1, 0.15) is 5.76 Å². The number of furan rings is 1. The van der Waals surface area contributed by atoms with Gasteiger partial charge >= 0.3 is 0 Å². The zero-order valence-corrected chi connectivity index (χ0v) is 10.2. The molecule has 0 amide bonds. The van der Waals surface area contributed by atoms with Crippen LogP contribution in [0.15, 0.2) is 28.9 Å². The number of rotatable bonds is 3. The second kappa shape index (κ2) is 4.90. The summed E-state index contributed by atoms with van der Waals surface area (Å²) in [5.41, 5.74) is 0.233. The van der Waals surface area contributed by atoms with Gasteiger partial charge in [-0.2, -0.15) is 0 Å². The maximum absolute atomic E-state index is 13.1. The van der Waals surface area contributed by atoms with Crippen molar-refractivity contribution < 1.29 is 18.0 Å². The molecule has 0 aliphatic carbocycles. The quantitative estimate of drug-likeness (QED) is 0.623. The van der Waals surface area contributed by atoms with Gasteiger partial charge in [-0.3, -0.25) is 4.79 Å². The van der Waals surface area contributed by atoms with Crippen molar-refractivity contribution in [3.05, 3.63) is 58.0 Å². The van der Waals surface area contributed by atoms with Gasteiger partial charge in [-0.05, 0) is 18.2 Å². The fourth-order valence-electron chi connectivity index (χ4n) is 1.66. The van der Waals surface area contributed by atoms with E-state index in [-0.39, 0.29) is 10.6 Å². The molecule has 1 heterocycles. The molecule has 0 bridgehead atoms. The Kier molecular flexibility index (Phi) is 3.48. The highest BCUT2D eigenvalue weighted by Crippen LogP contribution is 2.24. The predicted molar refractivity (Wildman–Crippen MR) is 62.9 cm³/mol. The van der Waals surface area contributed by atoms with Crippen LogP contribution in [0.4, 0.5) is 8.78 Å². The van der Waals surface area contributed by atoms with Crippen LogP contribution >= 0.6 is 11.6 Å². The summed E-state index contributed by atoms with van der Waals surface area (Å²) in [5.74, 6) is -2.19. The first kappa shape index (κ1) is 12.8. The monoisotopic (exact) mass is 270 g/mol. The molecule has 18 heavy (non-hydrogen) atoms. The minimum absolute atomic E-state index is 0.0772. The molecule has 0 unspecified atom stereocenters. The fraction of sp³-hybridized carbons (Fsp3) is 0.154. The van der Waals surface area contributed by atoms with Crippen LogP contribution < -0.4 is 0 Å². The summed E-state index contributed by atoms with van der Waals surface area (Å²) in [7, 11) is 0. The maximum Gasteiger partial charge on any atom is 0.198 e. The molecule has 1 aromatic carbocycles. The second-order valence-corrected chi connectivity index (χ2v) is 4.09. The zero-order chi connectivity index (χ0) is 13.3. The number of hydrogen-bond acceptors (Lipinski definition) is 2. The summed E-state index contributed by atoms with van der Waals surface area (Å²) in [5, 5.41) is -0.123. The Labute approximate surface area is 107 Å². The van der Waals surface area contributed by atoms with E-state index >= 15 is 0 Å². The van der Waals surface area contributed by atoms with Crippen molar-refractivity contribution in [1.82, 2.24) is 0 Å². The van der Waals surface area contributed by atoms with E-state index < -0.39 is 17.4 Å². The first-order chi connectivity index (χ1) is 8.54. The van der Waals surface area contributed by atoms with Crippen molar-refractivity contribution in [1.29, 1.82) is 0 Å². The first-order valence-electron chi connectivity index (χ1n) is 5.30. The third-order valence-corrected chi connectivity index (χ3v) is 2.88. The molecule has 0 saturated carbocycles. The van der Waals surface area contributed by atoms with Crippen molar-refractivity contribution in [2.24, 2.45) is 0 Å². The topological polar surface area (TPSA) is 30.2 Å². The molecule has 5 heteroatoms. The van der Waals surface area contributed by atoms with Crippen LogP contribution in [0.3, 0.4) is 0 Å². The van der Waals surface area contributed by atoms with E-state index in [1.54, 1.807) is 0 Å². The standard InChI is InChI=1S/C13H9ClF2O2/c1-2-12-7(3-4-18-12)13(17)8-5-10(15)11(16)6-9(8)14/h3-6H,2H2,1H3. The third-order valence-electron chi connectivity index (χ3n) is 2.57. The van der Waals surface area contributed by atoms with Gasteiger partial charge in [0.05, 0.1) is 16.8 Å². The summed E-state index contributed by atoms with van der Waals surface area (Å²) in [6.45, 7) is 1.82. The van der Waals surface area contributed by atoms with Crippen LogP contribution in [0.5, 0.6) is 0 Å². The Hall–Kier alpha value is -1.68. The Morgan fingerprint density at radius 3 is 2.61 bits per heavy atom. The average molecular weight is 271 g/mol. The lowest BCUT2D eigenvalue weighted by Gasteiger charge is -2.04. The summed E-state index contributed by atoms with van der Waals surface area (Å²) >= 11 is 5.75. The molecule has 0 radical (unpaired) electrons. The van der Waals surface area contributed by atoms with Crippen molar-refractivity contribution in [2.75, 3.05) is 0 Å². The number of halogens is 3. The lowest BCUT2D eigenvalue weighted by molar-refractivity contribution is 0.103. The van der Waals surface area contributed by atoms with E-state index in [0.29, 0.717) is 17.7 Å². The average Bonchev–Trinajstić information content (AvgIpc) is 2.81. The summed E-state index contributed by atoms with van der Waals surface area (Å²) in [6, 6.07) is 3.07.